The van der Waals surface area contributed by atoms with Gasteiger partial charge in [0.25, 0.3) is 0 Å². The SMILES string of the molecule is CCOC(=O)c1n[nH]nc1-c1c(O)ccc(Cl)c1[N+](=O)[O-]. The Bertz CT molecular complexity index is 715. The van der Waals surface area contributed by atoms with E-state index >= 15 is 0 Å². The molecular formula is C11H9ClN4O5. The number of phenols is 1. The van der Waals surface area contributed by atoms with Gasteiger partial charge in [-0.3, -0.25) is 10.1 Å². The third kappa shape index (κ3) is 2.63. The molecule has 0 radical (unpaired) electrons. The van der Waals surface area contributed by atoms with Crippen LogP contribution in [0.3, 0.4) is 0 Å². The van der Waals surface area contributed by atoms with Gasteiger partial charge in [0.05, 0.1) is 11.5 Å². The molecule has 0 atom stereocenters. The van der Waals surface area contributed by atoms with E-state index in [1.165, 1.54) is 6.07 Å². The van der Waals surface area contributed by atoms with Gasteiger partial charge >= 0.3 is 11.7 Å². The fourth-order valence-corrected chi connectivity index (χ4v) is 1.94. The highest BCUT2D eigenvalue weighted by molar-refractivity contribution is 6.33. The van der Waals surface area contributed by atoms with E-state index < -0.39 is 22.3 Å². The predicted octanol–water partition coefficient (Wildman–Crippen LogP) is 1.92. The quantitative estimate of drug-likeness (QED) is 0.500. The van der Waals surface area contributed by atoms with Gasteiger partial charge in [0.15, 0.2) is 5.69 Å². The molecule has 0 saturated carbocycles. The number of ether oxygens (including phenoxy) is 1. The first-order chi connectivity index (χ1) is 9.97. The number of phenolic OH excluding ortho intramolecular Hbond substituents is 1. The number of hydrogen-bond acceptors (Lipinski definition) is 7. The van der Waals surface area contributed by atoms with Crippen molar-refractivity contribution < 1.29 is 19.6 Å². The Hall–Kier alpha value is -2.68. The zero-order valence-electron chi connectivity index (χ0n) is 10.7. The molecule has 0 aliphatic carbocycles. The zero-order chi connectivity index (χ0) is 15.6. The number of carbonyl (C=O) groups excluding carboxylic acids is 1. The number of halogens is 1. The maximum absolute atomic E-state index is 11.7. The molecule has 2 N–H and O–H groups in total. The molecule has 0 spiro atoms. The molecule has 21 heavy (non-hydrogen) atoms. The van der Waals surface area contributed by atoms with Crippen molar-refractivity contribution in [2.75, 3.05) is 6.61 Å². The summed E-state index contributed by atoms with van der Waals surface area (Å²) >= 11 is 5.78. The number of nitrogens with one attached hydrogen (secondary N) is 1. The first kappa shape index (κ1) is 14.7. The van der Waals surface area contributed by atoms with Gasteiger partial charge in [-0.2, -0.15) is 10.3 Å². The van der Waals surface area contributed by atoms with Gasteiger partial charge in [0.1, 0.15) is 22.0 Å². The Balaban J connectivity index is 2.69. The normalized spacial score (nSPS) is 10.4. The number of aromatic nitrogens is 3. The second-order valence-electron chi connectivity index (χ2n) is 3.79. The Morgan fingerprint density at radius 1 is 1.52 bits per heavy atom. The van der Waals surface area contributed by atoms with Crippen LogP contribution in [0.15, 0.2) is 12.1 Å². The minimum Gasteiger partial charge on any atom is -0.507 e. The monoisotopic (exact) mass is 312 g/mol. The number of rotatable bonds is 4. The number of nitro benzene ring substituents is 1. The van der Waals surface area contributed by atoms with Gasteiger partial charge in [-0.25, -0.2) is 4.79 Å². The molecule has 0 aliphatic rings. The van der Waals surface area contributed by atoms with Gasteiger partial charge in [-0.05, 0) is 19.1 Å². The molecule has 10 heteroatoms. The van der Waals surface area contributed by atoms with Crippen LogP contribution in [0.4, 0.5) is 5.69 Å². The maximum atomic E-state index is 11.7. The van der Waals surface area contributed by atoms with Crippen molar-refractivity contribution in [2.24, 2.45) is 0 Å². The van der Waals surface area contributed by atoms with Crippen LogP contribution in [0.2, 0.25) is 5.02 Å². The summed E-state index contributed by atoms with van der Waals surface area (Å²) in [5.74, 6) is -1.28. The standard InChI is InChI=1S/C11H9ClN4O5/c1-2-21-11(18)9-8(13-15-14-9)7-6(17)4-3-5(12)10(7)16(19)20/h3-4,17H,2H2,1H3,(H,13,14,15). The lowest BCUT2D eigenvalue weighted by Crippen LogP contribution is -2.07. The highest BCUT2D eigenvalue weighted by Gasteiger charge is 2.30. The van der Waals surface area contributed by atoms with E-state index in [4.69, 9.17) is 16.3 Å². The highest BCUT2D eigenvalue weighted by Crippen LogP contribution is 2.42. The average molecular weight is 313 g/mol. The van der Waals surface area contributed by atoms with E-state index in [-0.39, 0.29) is 28.6 Å². The van der Waals surface area contributed by atoms with Gasteiger partial charge in [0.2, 0.25) is 0 Å². The van der Waals surface area contributed by atoms with E-state index in [1.807, 2.05) is 0 Å². The molecule has 0 amide bonds. The van der Waals surface area contributed by atoms with Gasteiger partial charge in [-0.1, -0.05) is 11.6 Å². The fraction of sp³-hybridized carbons (Fsp3) is 0.182. The molecule has 2 rings (SSSR count). The lowest BCUT2D eigenvalue weighted by Gasteiger charge is -2.06. The minimum absolute atomic E-state index is 0.0920. The van der Waals surface area contributed by atoms with Crippen molar-refractivity contribution >= 4 is 23.3 Å². The number of nitro groups is 1. The van der Waals surface area contributed by atoms with Crippen LogP contribution in [0.1, 0.15) is 17.4 Å². The molecule has 0 fully saturated rings. The van der Waals surface area contributed by atoms with Crippen LogP contribution in [0.25, 0.3) is 11.3 Å². The molecule has 9 nitrogen and oxygen atoms in total. The number of benzene rings is 1. The van der Waals surface area contributed by atoms with Gasteiger partial charge < -0.3 is 9.84 Å². The Labute approximate surface area is 122 Å². The number of hydrogen-bond donors (Lipinski definition) is 2. The molecular weight excluding hydrogens is 304 g/mol. The molecule has 110 valence electrons. The lowest BCUT2D eigenvalue weighted by molar-refractivity contribution is -0.384. The van der Waals surface area contributed by atoms with Crippen LogP contribution < -0.4 is 0 Å². The van der Waals surface area contributed by atoms with Crippen molar-refractivity contribution in [1.82, 2.24) is 15.4 Å². The summed E-state index contributed by atoms with van der Waals surface area (Å²) in [6.07, 6.45) is 0. The van der Waals surface area contributed by atoms with E-state index in [0.29, 0.717) is 0 Å². The molecule has 1 aromatic heterocycles. The van der Waals surface area contributed by atoms with Crippen molar-refractivity contribution in [3.05, 3.63) is 33.0 Å². The number of aromatic amines is 1. The molecule has 1 heterocycles. The molecule has 0 bridgehead atoms. The van der Waals surface area contributed by atoms with Crippen LogP contribution in [0.5, 0.6) is 5.75 Å². The summed E-state index contributed by atoms with van der Waals surface area (Å²) in [6.45, 7) is 1.69. The number of aromatic hydroxyl groups is 1. The second kappa shape index (κ2) is 5.75. The third-order valence-electron chi connectivity index (χ3n) is 2.54. The van der Waals surface area contributed by atoms with E-state index in [9.17, 15) is 20.0 Å². The summed E-state index contributed by atoms with van der Waals surface area (Å²) in [5.41, 5.74) is -1.36. The summed E-state index contributed by atoms with van der Waals surface area (Å²) in [5, 5.41) is 30.2. The highest BCUT2D eigenvalue weighted by atomic mass is 35.5. The average Bonchev–Trinajstić information content (AvgIpc) is 2.89. The van der Waals surface area contributed by atoms with Gasteiger partial charge in [0, 0.05) is 0 Å². The summed E-state index contributed by atoms with van der Waals surface area (Å²) in [4.78, 5) is 22.1. The lowest BCUT2D eigenvalue weighted by atomic mass is 10.1. The number of H-pyrrole nitrogens is 1. The van der Waals surface area contributed by atoms with Crippen LogP contribution >= 0.6 is 11.6 Å². The molecule has 2 aromatic rings. The van der Waals surface area contributed by atoms with Crippen molar-refractivity contribution in [3.63, 3.8) is 0 Å². The smallest absolute Gasteiger partial charge is 0.361 e. The Kier molecular flexibility index (Phi) is 4.03. The minimum atomic E-state index is -0.824. The number of nitrogens with zero attached hydrogens (tertiary/aromatic N) is 3. The molecule has 1 aromatic carbocycles. The second-order valence-corrected chi connectivity index (χ2v) is 4.20. The first-order valence-electron chi connectivity index (χ1n) is 5.71. The maximum Gasteiger partial charge on any atom is 0.361 e. The summed E-state index contributed by atoms with van der Waals surface area (Å²) in [6, 6.07) is 2.33. The van der Waals surface area contributed by atoms with E-state index in [0.717, 1.165) is 6.07 Å². The molecule has 0 aliphatic heterocycles. The largest absolute Gasteiger partial charge is 0.507 e. The van der Waals surface area contributed by atoms with Crippen molar-refractivity contribution in [2.45, 2.75) is 6.92 Å². The molecule has 0 unspecified atom stereocenters. The van der Waals surface area contributed by atoms with Crippen LogP contribution in [-0.2, 0) is 4.74 Å². The zero-order valence-corrected chi connectivity index (χ0v) is 11.4. The van der Waals surface area contributed by atoms with Crippen molar-refractivity contribution in [1.29, 1.82) is 0 Å². The Morgan fingerprint density at radius 2 is 2.24 bits per heavy atom. The summed E-state index contributed by atoms with van der Waals surface area (Å²) in [7, 11) is 0. The fourth-order valence-electron chi connectivity index (χ4n) is 1.71. The van der Waals surface area contributed by atoms with Crippen LogP contribution in [-0.4, -0.2) is 38.0 Å². The molecule has 0 saturated heterocycles. The topological polar surface area (TPSA) is 131 Å². The van der Waals surface area contributed by atoms with Crippen molar-refractivity contribution in [3.8, 4) is 17.0 Å². The third-order valence-corrected chi connectivity index (χ3v) is 2.85. The predicted molar refractivity (Wildman–Crippen MR) is 71.1 cm³/mol. The van der Waals surface area contributed by atoms with Crippen LogP contribution in [0, 0.1) is 10.1 Å². The first-order valence-corrected chi connectivity index (χ1v) is 6.09. The summed E-state index contributed by atoms with van der Waals surface area (Å²) < 4.78 is 4.77. The van der Waals surface area contributed by atoms with E-state index in [1.54, 1.807) is 6.92 Å². The van der Waals surface area contributed by atoms with E-state index in [2.05, 4.69) is 15.4 Å². The van der Waals surface area contributed by atoms with Gasteiger partial charge in [-0.15, -0.1) is 5.10 Å². The Morgan fingerprint density at radius 3 is 2.86 bits per heavy atom. The number of carbonyl (C=O) groups is 1. The number of esters is 1.